The van der Waals surface area contributed by atoms with Crippen LogP contribution in [0.3, 0.4) is 0 Å². The van der Waals surface area contributed by atoms with E-state index < -0.39 is 30.6 Å². The minimum atomic E-state index is -4.24. The second-order valence-corrected chi connectivity index (χ2v) is 4.55. The highest BCUT2D eigenvalue weighted by Gasteiger charge is 2.39. The normalized spacial score (nSPS) is 23.3. The number of nitrogens with one attached hydrogen (secondary N) is 1. The van der Waals surface area contributed by atoms with E-state index in [1.54, 1.807) is 30.3 Å². The van der Waals surface area contributed by atoms with E-state index in [4.69, 9.17) is 4.74 Å². The Balaban J connectivity index is 1.96. The van der Waals surface area contributed by atoms with Crippen LogP contribution in [0.2, 0.25) is 0 Å². The van der Waals surface area contributed by atoms with Crippen LogP contribution in [0.5, 0.6) is 0 Å². The number of esters is 1. The van der Waals surface area contributed by atoms with Gasteiger partial charge >= 0.3 is 12.1 Å². The Labute approximate surface area is 108 Å². The van der Waals surface area contributed by atoms with Gasteiger partial charge in [0.1, 0.15) is 6.10 Å². The molecule has 1 aliphatic heterocycles. The van der Waals surface area contributed by atoms with Gasteiger partial charge in [0.2, 0.25) is 0 Å². The summed E-state index contributed by atoms with van der Waals surface area (Å²) in [5.74, 6) is -1.30. The average Bonchev–Trinajstić information content (AvgIpc) is 2.75. The minimum absolute atomic E-state index is 0.215. The molecule has 6 heteroatoms. The Kier molecular flexibility index (Phi) is 4.09. The summed E-state index contributed by atoms with van der Waals surface area (Å²) in [7, 11) is 0. The Hall–Kier alpha value is -1.56. The van der Waals surface area contributed by atoms with E-state index >= 15 is 0 Å². The van der Waals surface area contributed by atoms with E-state index in [1.165, 1.54) is 0 Å². The van der Waals surface area contributed by atoms with Crippen molar-refractivity contribution >= 4 is 5.97 Å². The molecule has 104 valence electrons. The summed E-state index contributed by atoms with van der Waals surface area (Å²) < 4.78 is 42.3. The first-order valence-corrected chi connectivity index (χ1v) is 5.99. The third-order valence-corrected chi connectivity index (χ3v) is 3.04. The van der Waals surface area contributed by atoms with Crippen molar-refractivity contribution in [3.8, 4) is 0 Å². The first-order chi connectivity index (χ1) is 8.96. The molecule has 0 radical (unpaired) electrons. The topological polar surface area (TPSA) is 38.3 Å². The van der Waals surface area contributed by atoms with Crippen molar-refractivity contribution in [3.05, 3.63) is 35.9 Å². The van der Waals surface area contributed by atoms with Gasteiger partial charge in [0.15, 0.2) is 0 Å². The van der Waals surface area contributed by atoms with Crippen molar-refractivity contribution < 1.29 is 22.7 Å². The number of hydrogen-bond acceptors (Lipinski definition) is 3. The van der Waals surface area contributed by atoms with Crippen LogP contribution >= 0.6 is 0 Å². The number of benzene rings is 1. The summed E-state index contributed by atoms with van der Waals surface area (Å²) in [6.07, 6.45) is -5.91. The monoisotopic (exact) mass is 273 g/mol. The number of ether oxygens (including phenoxy) is 1. The fourth-order valence-electron chi connectivity index (χ4n) is 2.13. The number of carbonyl (C=O) groups is 1. The number of hydrogen-bond donors (Lipinski definition) is 1. The molecule has 1 N–H and O–H groups in total. The molecule has 2 rings (SSSR count). The van der Waals surface area contributed by atoms with Crippen LogP contribution in [0.4, 0.5) is 13.2 Å². The second kappa shape index (κ2) is 5.61. The highest BCUT2D eigenvalue weighted by atomic mass is 19.4. The number of halogens is 3. The van der Waals surface area contributed by atoms with Crippen LogP contribution in [0, 0.1) is 5.92 Å². The SMILES string of the molecule is O=C(OC1CNCC1CC(F)(F)F)c1ccccc1. The molecule has 0 saturated carbocycles. The van der Waals surface area contributed by atoms with Crippen LogP contribution in [-0.4, -0.2) is 31.3 Å². The zero-order chi connectivity index (χ0) is 13.9. The van der Waals surface area contributed by atoms with Crippen molar-refractivity contribution in [2.75, 3.05) is 13.1 Å². The summed E-state index contributed by atoms with van der Waals surface area (Å²) >= 11 is 0. The molecule has 0 bridgehead atoms. The highest BCUT2D eigenvalue weighted by molar-refractivity contribution is 5.89. The molecule has 2 unspecified atom stereocenters. The highest BCUT2D eigenvalue weighted by Crippen LogP contribution is 2.29. The van der Waals surface area contributed by atoms with Gasteiger partial charge < -0.3 is 10.1 Å². The Morgan fingerprint density at radius 1 is 1.26 bits per heavy atom. The van der Waals surface area contributed by atoms with Gasteiger partial charge in [0.25, 0.3) is 0 Å². The zero-order valence-corrected chi connectivity index (χ0v) is 10.1. The predicted octanol–water partition coefficient (Wildman–Crippen LogP) is 2.38. The number of alkyl halides is 3. The molecule has 1 aromatic carbocycles. The van der Waals surface area contributed by atoms with Gasteiger partial charge in [-0.05, 0) is 12.1 Å². The van der Waals surface area contributed by atoms with Crippen LogP contribution in [0.15, 0.2) is 30.3 Å². The lowest BCUT2D eigenvalue weighted by molar-refractivity contribution is -0.149. The summed E-state index contributed by atoms with van der Waals surface area (Å²) in [5.41, 5.74) is 0.347. The van der Waals surface area contributed by atoms with Crippen molar-refractivity contribution in [2.24, 2.45) is 5.92 Å². The van der Waals surface area contributed by atoms with Crippen LogP contribution in [0.1, 0.15) is 16.8 Å². The van der Waals surface area contributed by atoms with Crippen molar-refractivity contribution in [3.63, 3.8) is 0 Å². The quantitative estimate of drug-likeness (QED) is 0.859. The minimum Gasteiger partial charge on any atom is -0.457 e. The summed E-state index contributed by atoms with van der Waals surface area (Å²) in [4.78, 5) is 11.8. The largest absolute Gasteiger partial charge is 0.457 e. The molecule has 2 atom stereocenters. The maximum Gasteiger partial charge on any atom is 0.389 e. The summed E-state index contributed by atoms with van der Waals surface area (Å²) in [6, 6.07) is 8.25. The molecule has 3 nitrogen and oxygen atoms in total. The average molecular weight is 273 g/mol. The second-order valence-electron chi connectivity index (χ2n) is 4.55. The molecule has 0 aliphatic carbocycles. The van der Waals surface area contributed by atoms with Gasteiger partial charge in [-0.1, -0.05) is 18.2 Å². The maximum absolute atomic E-state index is 12.4. The fourth-order valence-corrected chi connectivity index (χ4v) is 2.13. The molecule has 1 aromatic rings. The Bertz CT molecular complexity index is 433. The van der Waals surface area contributed by atoms with E-state index in [-0.39, 0.29) is 13.1 Å². The molecule has 1 fully saturated rings. The summed E-state index contributed by atoms with van der Waals surface area (Å²) in [6.45, 7) is 0.478. The third-order valence-electron chi connectivity index (χ3n) is 3.04. The van der Waals surface area contributed by atoms with Gasteiger partial charge in [-0.3, -0.25) is 0 Å². The predicted molar refractivity (Wildman–Crippen MR) is 62.7 cm³/mol. The Morgan fingerprint density at radius 3 is 2.58 bits per heavy atom. The van der Waals surface area contributed by atoms with Crippen molar-refractivity contribution in [2.45, 2.75) is 18.7 Å². The molecule has 0 aromatic heterocycles. The third kappa shape index (κ3) is 3.96. The first kappa shape index (κ1) is 13.9. The molecule has 19 heavy (non-hydrogen) atoms. The first-order valence-electron chi connectivity index (χ1n) is 5.99. The molecular formula is C13H14F3NO2. The molecule has 1 heterocycles. The van der Waals surface area contributed by atoms with Crippen LogP contribution in [-0.2, 0) is 4.74 Å². The lowest BCUT2D eigenvalue weighted by Crippen LogP contribution is -2.29. The maximum atomic E-state index is 12.4. The smallest absolute Gasteiger partial charge is 0.389 e. The van der Waals surface area contributed by atoms with Crippen LogP contribution < -0.4 is 5.32 Å². The lowest BCUT2D eigenvalue weighted by Gasteiger charge is -2.20. The molecule has 0 spiro atoms. The lowest BCUT2D eigenvalue weighted by atomic mass is 10.0. The van der Waals surface area contributed by atoms with Gasteiger partial charge in [0.05, 0.1) is 12.0 Å². The van der Waals surface area contributed by atoms with Gasteiger partial charge in [-0.25, -0.2) is 4.79 Å². The number of rotatable bonds is 3. The van der Waals surface area contributed by atoms with Gasteiger partial charge in [-0.2, -0.15) is 13.2 Å². The van der Waals surface area contributed by atoms with Gasteiger partial charge in [-0.15, -0.1) is 0 Å². The Morgan fingerprint density at radius 2 is 1.95 bits per heavy atom. The molecule has 1 aliphatic rings. The zero-order valence-electron chi connectivity index (χ0n) is 10.1. The molecule has 1 saturated heterocycles. The van der Waals surface area contributed by atoms with Crippen molar-refractivity contribution in [1.82, 2.24) is 5.32 Å². The molecular weight excluding hydrogens is 259 g/mol. The van der Waals surface area contributed by atoms with Crippen LogP contribution in [0.25, 0.3) is 0 Å². The summed E-state index contributed by atoms with van der Waals surface area (Å²) in [5, 5.41) is 2.82. The number of carbonyl (C=O) groups excluding carboxylic acids is 1. The van der Waals surface area contributed by atoms with E-state index in [1.807, 2.05) is 0 Å². The van der Waals surface area contributed by atoms with Crippen molar-refractivity contribution in [1.29, 1.82) is 0 Å². The van der Waals surface area contributed by atoms with E-state index in [9.17, 15) is 18.0 Å². The fraction of sp³-hybridized carbons (Fsp3) is 0.462. The molecule has 0 amide bonds. The standard InChI is InChI=1S/C13H14F3NO2/c14-13(15,16)6-10-7-17-8-11(10)19-12(18)9-4-2-1-3-5-9/h1-5,10-11,17H,6-8H2. The van der Waals surface area contributed by atoms with Gasteiger partial charge in [0, 0.05) is 19.0 Å². The van der Waals surface area contributed by atoms with E-state index in [0.29, 0.717) is 5.56 Å². The van der Waals surface area contributed by atoms with E-state index in [2.05, 4.69) is 5.32 Å². The van der Waals surface area contributed by atoms with E-state index in [0.717, 1.165) is 0 Å².